The lowest BCUT2D eigenvalue weighted by Crippen LogP contribution is -2.02. The zero-order valence-electron chi connectivity index (χ0n) is 14.3. The Balaban J connectivity index is 1.96. The van der Waals surface area contributed by atoms with Crippen LogP contribution in [-0.4, -0.2) is 14.5 Å². The van der Waals surface area contributed by atoms with Gasteiger partial charge < -0.3 is 4.57 Å². The highest BCUT2D eigenvalue weighted by Gasteiger charge is 2.26. The summed E-state index contributed by atoms with van der Waals surface area (Å²) in [5.74, 6) is 0.737. The number of hydrogen-bond acceptors (Lipinski definition) is 2. The lowest BCUT2D eigenvalue weighted by molar-refractivity contribution is 0.662. The molecule has 1 saturated carbocycles. The first-order valence-corrected chi connectivity index (χ1v) is 9.57. The molecule has 0 atom stereocenters. The summed E-state index contributed by atoms with van der Waals surface area (Å²) >= 11 is 12.9. The van der Waals surface area contributed by atoms with Crippen molar-refractivity contribution in [1.82, 2.24) is 14.5 Å². The van der Waals surface area contributed by atoms with Gasteiger partial charge in [0.1, 0.15) is 5.15 Å². The van der Waals surface area contributed by atoms with E-state index >= 15 is 0 Å². The van der Waals surface area contributed by atoms with Crippen LogP contribution in [0, 0.1) is 12.8 Å². The normalized spacial score (nSPS) is 14.4. The number of rotatable bonds is 3. The third kappa shape index (κ3) is 2.50. The average Bonchev–Trinajstić information content (AvgIpc) is 3.38. The number of nitrogens with zero attached hydrogens (tertiary/aromatic N) is 3. The van der Waals surface area contributed by atoms with Crippen molar-refractivity contribution in [2.24, 2.45) is 5.92 Å². The molecule has 4 aromatic rings. The molecule has 0 unspecified atom stereocenters. The van der Waals surface area contributed by atoms with Crippen LogP contribution in [0.1, 0.15) is 18.5 Å². The summed E-state index contributed by atoms with van der Waals surface area (Å²) in [6.07, 6.45) is 6.16. The summed E-state index contributed by atoms with van der Waals surface area (Å²) in [6, 6.07) is 10.0. The Morgan fingerprint density at radius 1 is 1.00 bits per heavy atom. The lowest BCUT2D eigenvalue weighted by atomic mass is 10.0. The molecule has 0 radical (unpaired) electrons. The molecule has 3 heterocycles. The number of aromatic nitrogens is 3. The molecule has 1 fully saturated rings. The molecule has 1 aliphatic rings. The van der Waals surface area contributed by atoms with Gasteiger partial charge in [0.15, 0.2) is 0 Å². The summed E-state index contributed by atoms with van der Waals surface area (Å²) in [5.41, 5.74) is 5.34. The van der Waals surface area contributed by atoms with E-state index in [0.29, 0.717) is 10.2 Å². The minimum atomic E-state index is 0.495. The predicted octanol–water partition coefficient (Wildman–Crippen LogP) is 6.28. The largest absolute Gasteiger partial charge is 0.338 e. The van der Waals surface area contributed by atoms with E-state index in [1.165, 1.54) is 29.3 Å². The Kier molecular flexibility index (Phi) is 3.70. The van der Waals surface area contributed by atoms with Crippen molar-refractivity contribution in [3.63, 3.8) is 0 Å². The summed E-state index contributed by atoms with van der Waals surface area (Å²) in [5, 5.41) is 3.53. The van der Waals surface area contributed by atoms with Gasteiger partial charge in [-0.2, -0.15) is 0 Å². The SMILES string of the molecule is Cc1nccc2c3cc(Cl)cc(-c4cccnc4Cl)c3n(CC3CC3)c12. The third-order valence-electron chi connectivity index (χ3n) is 5.20. The van der Waals surface area contributed by atoms with E-state index < -0.39 is 0 Å². The van der Waals surface area contributed by atoms with Gasteiger partial charge in [-0.1, -0.05) is 23.2 Å². The second kappa shape index (κ2) is 5.97. The van der Waals surface area contributed by atoms with Crippen LogP contribution in [0.15, 0.2) is 42.7 Å². The molecular formula is C21H17Cl2N3. The van der Waals surface area contributed by atoms with E-state index in [1.54, 1.807) is 6.20 Å². The Morgan fingerprint density at radius 3 is 2.62 bits per heavy atom. The molecule has 0 amide bonds. The smallest absolute Gasteiger partial charge is 0.136 e. The summed E-state index contributed by atoms with van der Waals surface area (Å²) in [7, 11) is 0. The molecule has 0 N–H and O–H groups in total. The number of hydrogen-bond donors (Lipinski definition) is 0. The molecule has 1 aromatic carbocycles. The fraction of sp³-hybridized carbons (Fsp3) is 0.238. The van der Waals surface area contributed by atoms with E-state index in [0.717, 1.165) is 34.7 Å². The molecule has 0 spiro atoms. The highest BCUT2D eigenvalue weighted by Crippen LogP contribution is 2.42. The van der Waals surface area contributed by atoms with Crippen LogP contribution in [0.25, 0.3) is 32.9 Å². The van der Waals surface area contributed by atoms with E-state index in [4.69, 9.17) is 23.2 Å². The molecule has 3 aromatic heterocycles. The van der Waals surface area contributed by atoms with Gasteiger partial charge in [-0.25, -0.2) is 4.98 Å². The first-order valence-electron chi connectivity index (χ1n) is 8.81. The van der Waals surface area contributed by atoms with Gasteiger partial charge in [-0.05, 0) is 56.0 Å². The lowest BCUT2D eigenvalue weighted by Gasteiger charge is -2.12. The van der Waals surface area contributed by atoms with Crippen molar-refractivity contribution in [3.8, 4) is 11.1 Å². The van der Waals surface area contributed by atoms with Crippen molar-refractivity contribution < 1.29 is 0 Å². The minimum absolute atomic E-state index is 0.495. The molecule has 0 bridgehead atoms. The Hall–Kier alpha value is -2.10. The van der Waals surface area contributed by atoms with Gasteiger partial charge in [-0.15, -0.1) is 0 Å². The topological polar surface area (TPSA) is 30.7 Å². The van der Waals surface area contributed by atoms with Crippen molar-refractivity contribution in [3.05, 3.63) is 58.6 Å². The fourth-order valence-corrected chi connectivity index (χ4v) is 4.30. The third-order valence-corrected chi connectivity index (χ3v) is 5.72. The van der Waals surface area contributed by atoms with E-state index in [-0.39, 0.29) is 0 Å². The van der Waals surface area contributed by atoms with Crippen LogP contribution in [0.3, 0.4) is 0 Å². The average molecular weight is 382 g/mol. The number of aryl methyl sites for hydroxylation is 1. The summed E-state index contributed by atoms with van der Waals surface area (Å²) < 4.78 is 2.42. The fourth-order valence-electron chi connectivity index (χ4n) is 3.86. The monoisotopic (exact) mass is 381 g/mol. The van der Waals surface area contributed by atoms with Gasteiger partial charge in [0, 0.05) is 45.9 Å². The maximum Gasteiger partial charge on any atom is 0.136 e. The van der Waals surface area contributed by atoms with Crippen LogP contribution in [0.2, 0.25) is 10.2 Å². The van der Waals surface area contributed by atoms with Crippen molar-refractivity contribution in [1.29, 1.82) is 0 Å². The van der Waals surface area contributed by atoms with Crippen molar-refractivity contribution in [2.45, 2.75) is 26.3 Å². The minimum Gasteiger partial charge on any atom is -0.338 e. The first kappa shape index (κ1) is 16.1. The zero-order valence-corrected chi connectivity index (χ0v) is 15.8. The van der Waals surface area contributed by atoms with Gasteiger partial charge in [0.25, 0.3) is 0 Å². The molecule has 3 nitrogen and oxygen atoms in total. The Labute approximate surface area is 161 Å². The second-order valence-electron chi connectivity index (χ2n) is 7.04. The Bertz CT molecular complexity index is 1160. The highest BCUT2D eigenvalue weighted by atomic mass is 35.5. The van der Waals surface area contributed by atoms with Gasteiger partial charge in [0.05, 0.1) is 16.7 Å². The predicted molar refractivity (Wildman–Crippen MR) is 108 cm³/mol. The second-order valence-corrected chi connectivity index (χ2v) is 7.83. The molecule has 130 valence electrons. The number of halogens is 2. The molecule has 5 rings (SSSR count). The van der Waals surface area contributed by atoms with Crippen LogP contribution in [0.5, 0.6) is 0 Å². The highest BCUT2D eigenvalue weighted by molar-refractivity contribution is 6.34. The molecule has 1 aliphatic carbocycles. The van der Waals surface area contributed by atoms with Gasteiger partial charge in [0.2, 0.25) is 0 Å². The van der Waals surface area contributed by atoms with Gasteiger partial charge >= 0.3 is 0 Å². The van der Waals surface area contributed by atoms with Crippen molar-refractivity contribution in [2.75, 3.05) is 0 Å². The standard InChI is InChI=1S/C21H17Cl2N3/c1-12-19-15(6-8-24-12)17-9-14(22)10-18(16-3-2-7-25-21(16)23)20(17)26(19)11-13-4-5-13/h2-3,6-10,13H,4-5,11H2,1H3. The first-order chi connectivity index (χ1) is 12.6. The van der Waals surface area contributed by atoms with E-state index in [2.05, 4.69) is 33.6 Å². The quantitative estimate of drug-likeness (QED) is 0.391. The van der Waals surface area contributed by atoms with Crippen LogP contribution in [0.4, 0.5) is 0 Å². The van der Waals surface area contributed by atoms with Crippen LogP contribution >= 0.6 is 23.2 Å². The van der Waals surface area contributed by atoms with Crippen LogP contribution in [-0.2, 0) is 6.54 Å². The molecule has 5 heteroatoms. The summed E-state index contributed by atoms with van der Waals surface area (Å²) in [4.78, 5) is 8.81. The molecular weight excluding hydrogens is 365 g/mol. The number of pyridine rings is 2. The molecule has 26 heavy (non-hydrogen) atoms. The van der Waals surface area contributed by atoms with Crippen molar-refractivity contribution >= 4 is 45.0 Å². The maximum atomic E-state index is 6.51. The Morgan fingerprint density at radius 2 is 1.85 bits per heavy atom. The maximum absolute atomic E-state index is 6.51. The van der Waals surface area contributed by atoms with Crippen LogP contribution < -0.4 is 0 Å². The summed E-state index contributed by atoms with van der Waals surface area (Å²) in [6.45, 7) is 3.07. The zero-order chi connectivity index (χ0) is 17.8. The van der Waals surface area contributed by atoms with E-state index in [1.807, 2.05) is 24.4 Å². The van der Waals surface area contributed by atoms with E-state index in [9.17, 15) is 0 Å². The molecule has 0 aliphatic heterocycles. The number of benzene rings is 1. The molecule has 0 saturated heterocycles. The number of fused-ring (bicyclic) bond motifs is 3. The van der Waals surface area contributed by atoms with Gasteiger partial charge in [-0.3, -0.25) is 4.98 Å².